The Hall–Kier alpha value is -2.12. The SMILES string of the molecule is CNS(=O)(=O)c1ccc(N)c(Nc2cccc(F)c2C)c1. The minimum atomic E-state index is -3.57. The number of halogens is 1. The van der Waals surface area contributed by atoms with Crippen molar-refractivity contribution in [2.45, 2.75) is 11.8 Å². The summed E-state index contributed by atoms with van der Waals surface area (Å²) in [5.74, 6) is -0.349. The van der Waals surface area contributed by atoms with Crippen LogP contribution in [0.3, 0.4) is 0 Å². The molecule has 112 valence electrons. The van der Waals surface area contributed by atoms with Crippen molar-refractivity contribution in [2.75, 3.05) is 18.1 Å². The highest BCUT2D eigenvalue weighted by atomic mass is 32.2. The summed E-state index contributed by atoms with van der Waals surface area (Å²) in [5.41, 5.74) is 7.57. The van der Waals surface area contributed by atoms with E-state index in [9.17, 15) is 12.8 Å². The number of nitrogens with one attached hydrogen (secondary N) is 2. The first-order valence-corrected chi connectivity index (χ1v) is 7.68. The van der Waals surface area contributed by atoms with Crippen molar-refractivity contribution < 1.29 is 12.8 Å². The molecule has 0 amide bonds. The minimum Gasteiger partial charge on any atom is -0.397 e. The molecule has 0 bridgehead atoms. The molecule has 0 saturated carbocycles. The second-order valence-corrected chi connectivity index (χ2v) is 6.38. The molecule has 0 saturated heterocycles. The molecule has 0 aliphatic carbocycles. The summed E-state index contributed by atoms with van der Waals surface area (Å²) in [6, 6.07) is 8.91. The van der Waals surface area contributed by atoms with Crippen LogP contribution in [0, 0.1) is 12.7 Å². The molecule has 0 aliphatic heterocycles. The number of rotatable bonds is 4. The van der Waals surface area contributed by atoms with E-state index in [2.05, 4.69) is 10.0 Å². The zero-order valence-electron chi connectivity index (χ0n) is 11.6. The predicted octanol–water partition coefficient (Wildman–Crippen LogP) is 2.37. The van der Waals surface area contributed by atoms with Gasteiger partial charge in [-0.05, 0) is 44.3 Å². The van der Waals surface area contributed by atoms with Crippen molar-refractivity contribution in [2.24, 2.45) is 0 Å². The van der Waals surface area contributed by atoms with Crippen LogP contribution in [0.2, 0.25) is 0 Å². The van der Waals surface area contributed by atoms with Crippen molar-refractivity contribution in [1.82, 2.24) is 4.72 Å². The number of sulfonamides is 1. The number of nitrogens with two attached hydrogens (primary N) is 1. The van der Waals surface area contributed by atoms with Gasteiger partial charge in [-0.25, -0.2) is 17.5 Å². The smallest absolute Gasteiger partial charge is 0.240 e. The van der Waals surface area contributed by atoms with E-state index in [0.717, 1.165) is 0 Å². The number of hydrogen-bond acceptors (Lipinski definition) is 4. The van der Waals surface area contributed by atoms with Crippen LogP contribution < -0.4 is 15.8 Å². The zero-order valence-corrected chi connectivity index (χ0v) is 12.5. The highest BCUT2D eigenvalue weighted by Crippen LogP contribution is 2.28. The molecule has 4 N–H and O–H groups in total. The lowest BCUT2D eigenvalue weighted by Crippen LogP contribution is -2.18. The molecule has 0 aliphatic rings. The Bertz CT molecular complexity index is 776. The summed E-state index contributed by atoms with van der Waals surface area (Å²) in [6.07, 6.45) is 0. The average Bonchev–Trinajstić information content (AvgIpc) is 2.46. The summed E-state index contributed by atoms with van der Waals surface area (Å²) >= 11 is 0. The van der Waals surface area contributed by atoms with Gasteiger partial charge >= 0.3 is 0 Å². The van der Waals surface area contributed by atoms with E-state index in [0.29, 0.717) is 22.6 Å². The van der Waals surface area contributed by atoms with Gasteiger partial charge in [0.05, 0.1) is 16.3 Å². The highest BCUT2D eigenvalue weighted by Gasteiger charge is 2.14. The zero-order chi connectivity index (χ0) is 15.6. The molecule has 2 aromatic carbocycles. The van der Waals surface area contributed by atoms with Crippen LogP contribution in [-0.4, -0.2) is 15.5 Å². The van der Waals surface area contributed by atoms with E-state index < -0.39 is 10.0 Å². The fourth-order valence-electron chi connectivity index (χ4n) is 1.82. The second-order valence-electron chi connectivity index (χ2n) is 4.49. The molecule has 0 heterocycles. The number of benzene rings is 2. The first-order valence-electron chi connectivity index (χ1n) is 6.20. The van der Waals surface area contributed by atoms with Gasteiger partial charge in [-0.1, -0.05) is 6.07 Å². The normalized spacial score (nSPS) is 11.4. The summed E-state index contributed by atoms with van der Waals surface area (Å²) in [6.45, 7) is 1.63. The fraction of sp³-hybridized carbons (Fsp3) is 0.143. The summed E-state index contributed by atoms with van der Waals surface area (Å²) in [4.78, 5) is 0.0794. The number of nitrogen functional groups attached to an aromatic ring is 1. The Kier molecular flexibility index (Phi) is 4.15. The molecule has 0 aromatic heterocycles. The molecule has 0 spiro atoms. The third kappa shape index (κ3) is 3.14. The first kappa shape index (κ1) is 15.3. The van der Waals surface area contributed by atoms with Gasteiger partial charge in [0.15, 0.2) is 0 Å². The minimum absolute atomic E-state index is 0.0794. The van der Waals surface area contributed by atoms with Gasteiger partial charge in [-0.15, -0.1) is 0 Å². The van der Waals surface area contributed by atoms with Crippen LogP contribution in [-0.2, 0) is 10.0 Å². The van der Waals surface area contributed by atoms with Crippen LogP contribution in [0.15, 0.2) is 41.3 Å². The van der Waals surface area contributed by atoms with Crippen molar-refractivity contribution in [1.29, 1.82) is 0 Å². The van der Waals surface area contributed by atoms with Gasteiger partial charge in [-0.3, -0.25) is 0 Å². The van der Waals surface area contributed by atoms with Gasteiger partial charge in [0.2, 0.25) is 10.0 Å². The first-order chi connectivity index (χ1) is 9.85. The molecule has 0 unspecified atom stereocenters. The van der Waals surface area contributed by atoms with Gasteiger partial charge in [0.25, 0.3) is 0 Å². The molecular formula is C14H16FN3O2S. The van der Waals surface area contributed by atoms with Crippen LogP contribution >= 0.6 is 0 Å². The van der Waals surface area contributed by atoms with Crippen molar-refractivity contribution in [3.8, 4) is 0 Å². The van der Waals surface area contributed by atoms with Gasteiger partial charge < -0.3 is 11.1 Å². The standard InChI is InChI=1S/C14H16FN3O2S/c1-9-11(15)4-3-5-13(9)18-14-8-10(6-7-12(14)16)21(19,20)17-2/h3-8,17-18H,16H2,1-2H3. The maximum Gasteiger partial charge on any atom is 0.240 e. The Labute approximate surface area is 123 Å². The molecule has 0 radical (unpaired) electrons. The van der Waals surface area contributed by atoms with Crippen LogP contribution in [0.25, 0.3) is 0 Å². The third-order valence-electron chi connectivity index (χ3n) is 3.14. The van der Waals surface area contributed by atoms with E-state index in [1.807, 2.05) is 0 Å². The average molecular weight is 309 g/mol. The maximum absolute atomic E-state index is 13.5. The van der Waals surface area contributed by atoms with Gasteiger partial charge in [0, 0.05) is 11.3 Å². The van der Waals surface area contributed by atoms with Crippen LogP contribution in [0.1, 0.15) is 5.56 Å². The predicted molar refractivity (Wildman–Crippen MR) is 81.5 cm³/mol. The Morgan fingerprint density at radius 2 is 1.86 bits per heavy atom. The van der Waals surface area contributed by atoms with Crippen molar-refractivity contribution in [3.63, 3.8) is 0 Å². The van der Waals surface area contributed by atoms with E-state index in [-0.39, 0.29) is 10.7 Å². The molecule has 2 aromatic rings. The Balaban J connectivity index is 2.45. The van der Waals surface area contributed by atoms with Crippen LogP contribution in [0.4, 0.5) is 21.5 Å². The van der Waals surface area contributed by atoms with Gasteiger partial charge in [0.1, 0.15) is 5.82 Å². The Morgan fingerprint density at radius 1 is 1.14 bits per heavy atom. The maximum atomic E-state index is 13.5. The van der Waals surface area contributed by atoms with Gasteiger partial charge in [-0.2, -0.15) is 0 Å². The topological polar surface area (TPSA) is 84.2 Å². The lowest BCUT2D eigenvalue weighted by molar-refractivity contribution is 0.588. The largest absolute Gasteiger partial charge is 0.397 e. The number of anilines is 3. The van der Waals surface area contributed by atoms with E-state index in [4.69, 9.17) is 5.73 Å². The monoisotopic (exact) mass is 309 g/mol. The van der Waals surface area contributed by atoms with Crippen LogP contribution in [0.5, 0.6) is 0 Å². The van der Waals surface area contributed by atoms with E-state index in [1.165, 1.54) is 31.3 Å². The molecule has 7 heteroatoms. The molecule has 0 atom stereocenters. The molecule has 0 fully saturated rings. The Morgan fingerprint density at radius 3 is 2.52 bits per heavy atom. The fourth-order valence-corrected chi connectivity index (χ4v) is 2.57. The lowest BCUT2D eigenvalue weighted by atomic mass is 10.1. The van der Waals surface area contributed by atoms with E-state index >= 15 is 0 Å². The summed E-state index contributed by atoms with van der Waals surface area (Å²) in [5, 5.41) is 2.96. The third-order valence-corrected chi connectivity index (χ3v) is 4.55. The van der Waals surface area contributed by atoms with E-state index in [1.54, 1.807) is 19.1 Å². The summed E-state index contributed by atoms with van der Waals surface area (Å²) in [7, 11) is -2.24. The lowest BCUT2D eigenvalue weighted by Gasteiger charge is -2.13. The number of hydrogen-bond donors (Lipinski definition) is 3. The molecular weight excluding hydrogens is 293 g/mol. The quantitative estimate of drug-likeness (QED) is 0.757. The van der Waals surface area contributed by atoms with Crippen molar-refractivity contribution in [3.05, 3.63) is 47.8 Å². The molecule has 5 nitrogen and oxygen atoms in total. The highest BCUT2D eigenvalue weighted by molar-refractivity contribution is 7.89. The second kappa shape index (κ2) is 5.71. The molecule has 21 heavy (non-hydrogen) atoms. The summed E-state index contributed by atoms with van der Waals surface area (Å²) < 4.78 is 39.4. The van der Waals surface area contributed by atoms with Crippen molar-refractivity contribution >= 4 is 27.1 Å². The molecule has 2 rings (SSSR count).